The van der Waals surface area contributed by atoms with E-state index in [2.05, 4.69) is 60.8 Å². The first-order chi connectivity index (χ1) is 29.3. The second-order valence-electron chi connectivity index (χ2n) is 16.9. The van der Waals surface area contributed by atoms with Crippen molar-refractivity contribution in [3.8, 4) is 0 Å². The predicted molar refractivity (Wildman–Crippen MR) is 237 cm³/mol. The van der Waals surface area contributed by atoms with Gasteiger partial charge >= 0.3 is 11.9 Å². The van der Waals surface area contributed by atoms with Gasteiger partial charge in [0, 0.05) is 12.8 Å². The van der Waals surface area contributed by atoms with Crippen molar-refractivity contribution >= 4 is 17.8 Å². The van der Waals surface area contributed by atoms with Gasteiger partial charge in [-0.25, -0.2) is 0 Å². The second kappa shape index (κ2) is 32.4. The smallest absolute Gasteiger partial charge is 0.306 e. The van der Waals surface area contributed by atoms with Crippen molar-refractivity contribution in [2.45, 2.75) is 217 Å². The average Bonchev–Trinajstić information content (AvgIpc) is 3.25. The fourth-order valence-electron chi connectivity index (χ4n) is 8.07. The number of unbranched alkanes of at least 4 members (excludes halogenated alkanes) is 18. The van der Waals surface area contributed by atoms with Gasteiger partial charge in [0.1, 0.15) is 24.4 Å². The number of benzene rings is 2. The fourth-order valence-corrected chi connectivity index (χ4v) is 8.07. The summed E-state index contributed by atoms with van der Waals surface area (Å²) in [5, 5.41) is 34.4. The van der Waals surface area contributed by atoms with E-state index in [9.17, 15) is 29.7 Å². The Morgan fingerprint density at radius 3 is 1.62 bits per heavy atom. The molecular weight excluding hydrogens is 759 g/mol. The zero-order valence-corrected chi connectivity index (χ0v) is 36.8. The molecule has 60 heavy (non-hydrogen) atoms. The summed E-state index contributed by atoms with van der Waals surface area (Å²) in [7, 11) is 0. The van der Waals surface area contributed by atoms with Gasteiger partial charge in [-0.1, -0.05) is 170 Å². The van der Waals surface area contributed by atoms with Crippen LogP contribution in [0, 0.1) is 0 Å². The maximum Gasteiger partial charge on any atom is 0.306 e. The van der Waals surface area contributed by atoms with Crippen molar-refractivity contribution < 1.29 is 43.9 Å². The molecule has 4 N–H and O–H groups in total. The Hall–Kier alpha value is -3.31. The minimum absolute atomic E-state index is 0.125. The van der Waals surface area contributed by atoms with Crippen molar-refractivity contribution in [2.24, 2.45) is 0 Å². The van der Waals surface area contributed by atoms with Gasteiger partial charge in [0.05, 0.1) is 13.0 Å². The Morgan fingerprint density at radius 1 is 0.633 bits per heavy atom. The van der Waals surface area contributed by atoms with Gasteiger partial charge in [0.25, 0.3) is 0 Å². The molecule has 2 aromatic carbocycles. The Kier molecular flexibility index (Phi) is 27.6. The van der Waals surface area contributed by atoms with Crippen LogP contribution in [-0.4, -0.2) is 76.5 Å². The minimum Gasteiger partial charge on any atom is -0.462 e. The van der Waals surface area contributed by atoms with E-state index in [4.69, 9.17) is 14.2 Å². The molecular formula is C50H79NO9. The van der Waals surface area contributed by atoms with Crippen LogP contribution in [-0.2, 0) is 41.4 Å². The number of carbonyl (C=O) groups is 3. The quantitative estimate of drug-likeness (QED) is 0.0399. The van der Waals surface area contributed by atoms with Crippen LogP contribution in [0.15, 0.2) is 60.7 Å². The highest BCUT2D eigenvalue weighted by Crippen LogP contribution is 2.25. The molecule has 10 heteroatoms. The number of hydrogen-bond donors (Lipinski definition) is 4. The largest absolute Gasteiger partial charge is 0.462 e. The van der Waals surface area contributed by atoms with Crippen LogP contribution in [0.3, 0.4) is 0 Å². The number of nitrogens with one attached hydrogen (secondary N) is 1. The summed E-state index contributed by atoms with van der Waals surface area (Å²) in [6.07, 6.45) is 18.8. The monoisotopic (exact) mass is 838 g/mol. The first kappa shape index (κ1) is 51.0. The van der Waals surface area contributed by atoms with E-state index < -0.39 is 55.2 Å². The zero-order valence-electron chi connectivity index (χ0n) is 36.8. The van der Waals surface area contributed by atoms with Crippen LogP contribution in [0.5, 0.6) is 0 Å². The molecule has 3 rings (SSSR count). The summed E-state index contributed by atoms with van der Waals surface area (Å²) in [4.78, 5) is 39.5. The van der Waals surface area contributed by atoms with Crippen LogP contribution in [0.4, 0.5) is 0 Å². The Bertz CT molecular complexity index is 1390. The lowest BCUT2D eigenvalue weighted by Crippen LogP contribution is -2.65. The molecule has 0 unspecified atom stereocenters. The number of ether oxygens (including phenoxy) is 3. The molecule has 1 amide bonds. The van der Waals surface area contributed by atoms with E-state index in [1.54, 1.807) is 0 Å². The van der Waals surface area contributed by atoms with Gasteiger partial charge in [0.15, 0.2) is 12.4 Å². The standard InChI is InChI=1S/C50H79NO9/c1-2-3-4-5-6-7-8-15-26-35-42(58-45(54)36-27-16-11-9-13-20-29-40-31-22-18-23-32-40)38-44(53)51-47-49(48(56)43(39-52)59-50(47)57)60-46(55)37-28-17-12-10-14-21-30-41-33-24-19-25-34-41/h18-19,22-25,31-34,42-43,47-50,52,56-57H,2-17,20-21,26-30,35-39H2,1H3,(H,51,53)/t42-,43-,47-,48-,49-,50-/m1/s1. The number of amides is 1. The number of aliphatic hydroxyl groups is 3. The Balaban J connectivity index is 1.45. The van der Waals surface area contributed by atoms with E-state index in [1.165, 1.54) is 43.2 Å². The van der Waals surface area contributed by atoms with Crippen molar-refractivity contribution in [1.29, 1.82) is 0 Å². The van der Waals surface area contributed by atoms with E-state index >= 15 is 0 Å². The third-order valence-corrected chi connectivity index (χ3v) is 11.7. The fraction of sp³-hybridized carbons (Fsp3) is 0.700. The normalized spacial score (nSPS) is 19.4. The first-order valence-corrected chi connectivity index (χ1v) is 23.7. The van der Waals surface area contributed by atoms with Gasteiger partial charge in [-0.05, 0) is 62.5 Å². The van der Waals surface area contributed by atoms with Gasteiger partial charge in [0.2, 0.25) is 5.91 Å². The van der Waals surface area contributed by atoms with Gasteiger partial charge in [-0.2, -0.15) is 0 Å². The van der Waals surface area contributed by atoms with Crippen molar-refractivity contribution in [1.82, 2.24) is 5.32 Å². The molecule has 0 radical (unpaired) electrons. The third kappa shape index (κ3) is 22.5. The molecule has 0 aliphatic carbocycles. The maximum atomic E-state index is 13.5. The van der Waals surface area contributed by atoms with Crippen molar-refractivity contribution in [2.75, 3.05) is 6.61 Å². The van der Waals surface area contributed by atoms with Gasteiger partial charge in [-0.15, -0.1) is 0 Å². The predicted octanol–water partition coefficient (Wildman–Crippen LogP) is 9.62. The highest BCUT2D eigenvalue weighted by Gasteiger charge is 2.47. The summed E-state index contributed by atoms with van der Waals surface area (Å²) < 4.78 is 17.0. The molecule has 1 fully saturated rings. The minimum atomic E-state index is -1.64. The molecule has 6 atom stereocenters. The second-order valence-corrected chi connectivity index (χ2v) is 16.9. The molecule has 0 aromatic heterocycles. The van der Waals surface area contributed by atoms with Crippen molar-refractivity contribution in [3.05, 3.63) is 71.8 Å². The topological polar surface area (TPSA) is 152 Å². The number of esters is 2. The molecule has 10 nitrogen and oxygen atoms in total. The zero-order chi connectivity index (χ0) is 43.0. The first-order valence-electron chi connectivity index (χ1n) is 23.7. The van der Waals surface area contributed by atoms with E-state index in [0.717, 1.165) is 109 Å². The average molecular weight is 838 g/mol. The number of aliphatic hydroxyl groups excluding tert-OH is 3. The highest BCUT2D eigenvalue weighted by molar-refractivity contribution is 5.78. The molecule has 2 aromatic rings. The number of aryl methyl sites for hydroxylation is 2. The van der Waals surface area contributed by atoms with Crippen LogP contribution in [0.1, 0.15) is 179 Å². The maximum absolute atomic E-state index is 13.5. The number of rotatable bonds is 34. The van der Waals surface area contributed by atoms with E-state index in [-0.39, 0.29) is 25.2 Å². The van der Waals surface area contributed by atoms with E-state index in [0.29, 0.717) is 12.8 Å². The summed E-state index contributed by atoms with van der Waals surface area (Å²) in [5.41, 5.74) is 2.70. The van der Waals surface area contributed by atoms with Crippen molar-refractivity contribution in [3.63, 3.8) is 0 Å². The third-order valence-electron chi connectivity index (χ3n) is 11.7. The molecule has 0 bridgehead atoms. The van der Waals surface area contributed by atoms with Crippen LogP contribution in [0.2, 0.25) is 0 Å². The molecule has 338 valence electrons. The summed E-state index contributed by atoms with van der Waals surface area (Å²) >= 11 is 0. The Morgan fingerprint density at radius 2 is 1.10 bits per heavy atom. The van der Waals surface area contributed by atoms with Gasteiger partial charge < -0.3 is 34.8 Å². The van der Waals surface area contributed by atoms with Crippen LogP contribution < -0.4 is 5.32 Å². The molecule has 1 saturated heterocycles. The van der Waals surface area contributed by atoms with E-state index in [1.807, 2.05) is 12.1 Å². The number of hydrogen-bond acceptors (Lipinski definition) is 9. The lowest BCUT2D eigenvalue weighted by Gasteiger charge is -2.42. The summed E-state index contributed by atoms with van der Waals surface area (Å²) in [6.45, 7) is 1.61. The summed E-state index contributed by atoms with van der Waals surface area (Å²) in [5.74, 6) is -1.40. The molecule has 1 aliphatic heterocycles. The van der Waals surface area contributed by atoms with Crippen LogP contribution >= 0.6 is 0 Å². The Labute approximate surface area is 361 Å². The molecule has 0 spiro atoms. The lowest BCUT2D eigenvalue weighted by atomic mass is 9.96. The van der Waals surface area contributed by atoms with Gasteiger partial charge in [-0.3, -0.25) is 14.4 Å². The SMILES string of the molecule is CCCCCCCCCCC[C@H](CC(=O)N[C@@H]1[C@@H](OC(=O)CCCCCCCCc2ccccc2)[C@H](O)[C@@H](CO)O[C@H]1O)OC(=O)CCCCCCCCc1ccccc1. The van der Waals surface area contributed by atoms with Crippen LogP contribution in [0.25, 0.3) is 0 Å². The lowest BCUT2D eigenvalue weighted by molar-refractivity contribution is -0.259. The molecule has 1 aliphatic rings. The summed E-state index contributed by atoms with van der Waals surface area (Å²) in [6, 6.07) is 19.7. The molecule has 0 saturated carbocycles. The number of carbonyl (C=O) groups excluding carboxylic acids is 3. The molecule has 1 heterocycles. The highest BCUT2D eigenvalue weighted by atomic mass is 16.6.